The van der Waals surface area contributed by atoms with Gasteiger partial charge in [0.25, 0.3) is 0 Å². The lowest BCUT2D eigenvalue weighted by atomic mass is 10.2. The highest BCUT2D eigenvalue weighted by Crippen LogP contribution is 2.21. The second-order valence-corrected chi connectivity index (χ2v) is 4.59. The van der Waals surface area contributed by atoms with Crippen molar-refractivity contribution in [3.63, 3.8) is 0 Å². The highest BCUT2D eigenvalue weighted by molar-refractivity contribution is 9.10. The predicted octanol–water partition coefficient (Wildman–Crippen LogP) is 2.44. The van der Waals surface area contributed by atoms with Gasteiger partial charge in [-0.25, -0.2) is 0 Å². The molecule has 1 rings (SSSR count). The molecule has 0 radical (unpaired) electrons. The Bertz CT molecular complexity index is 352. The first kappa shape index (κ1) is 12.0. The largest absolute Gasteiger partial charge is 0.497 e. The first-order valence-corrected chi connectivity index (χ1v) is 5.53. The minimum absolute atomic E-state index is 0.0169. The first-order chi connectivity index (χ1) is 7.06. The number of methoxy groups -OCH3 is 1. The van der Waals surface area contributed by atoms with Gasteiger partial charge >= 0.3 is 0 Å². The molecule has 0 aromatic heterocycles. The maximum atomic E-state index is 11.7. The zero-order valence-corrected chi connectivity index (χ0v) is 10.6. The highest BCUT2D eigenvalue weighted by atomic mass is 79.9. The van der Waals surface area contributed by atoms with E-state index in [9.17, 15) is 4.79 Å². The van der Waals surface area contributed by atoms with E-state index in [0.29, 0.717) is 0 Å². The number of nitrogens with zero attached hydrogens (tertiary/aromatic N) is 1. The number of amides is 1. The summed E-state index contributed by atoms with van der Waals surface area (Å²) in [5.41, 5.74) is 0.825. The third-order valence-corrected chi connectivity index (χ3v) is 2.50. The molecule has 1 unspecified atom stereocenters. The summed E-state index contributed by atoms with van der Waals surface area (Å²) in [7, 11) is 3.35. The van der Waals surface area contributed by atoms with Crippen LogP contribution in [0.25, 0.3) is 0 Å². The van der Waals surface area contributed by atoms with E-state index in [2.05, 4.69) is 15.9 Å². The lowest BCUT2D eigenvalue weighted by molar-refractivity contribution is -0.117. The summed E-state index contributed by atoms with van der Waals surface area (Å²) in [4.78, 5) is 13.1. The summed E-state index contributed by atoms with van der Waals surface area (Å²) >= 11 is 3.25. The van der Waals surface area contributed by atoms with E-state index in [1.165, 1.54) is 0 Å². The zero-order chi connectivity index (χ0) is 11.4. The number of halogens is 1. The molecule has 0 aliphatic rings. The Morgan fingerprint density at radius 3 is 2.73 bits per heavy atom. The van der Waals surface area contributed by atoms with Crippen LogP contribution in [0.3, 0.4) is 0 Å². The molecule has 4 heteroatoms. The lowest BCUT2D eigenvalue weighted by Crippen LogP contribution is -2.31. The van der Waals surface area contributed by atoms with Gasteiger partial charge in [0.05, 0.1) is 11.9 Å². The summed E-state index contributed by atoms with van der Waals surface area (Å²) in [6, 6.07) is 7.40. The number of hydrogen-bond acceptors (Lipinski definition) is 2. The molecular formula is C11H14BrNO2. The second-order valence-electron chi connectivity index (χ2n) is 3.21. The number of ether oxygens (including phenoxy) is 1. The second kappa shape index (κ2) is 5.16. The Morgan fingerprint density at radius 2 is 2.20 bits per heavy atom. The van der Waals surface area contributed by atoms with Gasteiger partial charge < -0.3 is 9.64 Å². The Labute approximate surface area is 98.2 Å². The zero-order valence-electron chi connectivity index (χ0n) is 9.03. The number of hydrogen-bond donors (Lipinski definition) is 0. The van der Waals surface area contributed by atoms with Crippen LogP contribution in [0.1, 0.15) is 6.92 Å². The minimum atomic E-state index is -0.186. The summed E-state index contributed by atoms with van der Waals surface area (Å²) in [5.74, 6) is 0.762. The fourth-order valence-electron chi connectivity index (χ4n) is 1.21. The van der Waals surface area contributed by atoms with Crippen molar-refractivity contribution in [3.05, 3.63) is 24.3 Å². The number of rotatable bonds is 3. The SMILES string of the molecule is COc1cccc(N(C)C(=O)C(C)Br)c1. The monoisotopic (exact) mass is 271 g/mol. The molecule has 1 amide bonds. The molecule has 0 fully saturated rings. The van der Waals surface area contributed by atoms with Gasteiger partial charge in [0, 0.05) is 18.8 Å². The van der Waals surface area contributed by atoms with Crippen molar-refractivity contribution in [1.29, 1.82) is 0 Å². The van der Waals surface area contributed by atoms with E-state index in [4.69, 9.17) is 4.74 Å². The van der Waals surface area contributed by atoms with Crippen LogP contribution in [0.5, 0.6) is 5.75 Å². The normalized spacial score (nSPS) is 12.0. The Morgan fingerprint density at radius 1 is 1.53 bits per heavy atom. The fraction of sp³-hybridized carbons (Fsp3) is 0.364. The van der Waals surface area contributed by atoms with Crippen molar-refractivity contribution in [3.8, 4) is 5.75 Å². The van der Waals surface area contributed by atoms with Crippen molar-refractivity contribution in [2.24, 2.45) is 0 Å². The predicted molar refractivity (Wildman–Crippen MR) is 64.8 cm³/mol. The third-order valence-electron chi connectivity index (χ3n) is 2.11. The molecule has 82 valence electrons. The average molecular weight is 272 g/mol. The van der Waals surface area contributed by atoms with Crippen molar-refractivity contribution >= 4 is 27.5 Å². The van der Waals surface area contributed by atoms with Crippen LogP contribution < -0.4 is 9.64 Å². The average Bonchev–Trinajstić information content (AvgIpc) is 2.27. The molecule has 0 saturated carbocycles. The molecule has 1 aromatic rings. The van der Waals surface area contributed by atoms with Crippen molar-refractivity contribution in [1.82, 2.24) is 0 Å². The number of alkyl halides is 1. The van der Waals surface area contributed by atoms with Crippen molar-refractivity contribution in [2.45, 2.75) is 11.8 Å². The van der Waals surface area contributed by atoms with Gasteiger partial charge in [-0.1, -0.05) is 22.0 Å². The van der Waals surface area contributed by atoms with E-state index in [1.54, 1.807) is 26.0 Å². The summed E-state index contributed by atoms with van der Waals surface area (Å²) in [5, 5.41) is 0. The number of carbonyl (C=O) groups excluding carboxylic acids is 1. The van der Waals surface area contributed by atoms with Crippen LogP contribution in [-0.4, -0.2) is 24.9 Å². The molecule has 15 heavy (non-hydrogen) atoms. The summed E-state index contributed by atoms with van der Waals surface area (Å²) < 4.78 is 5.10. The number of anilines is 1. The van der Waals surface area contributed by atoms with E-state index < -0.39 is 0 Å². The first-order valence-electron chi connectivity index (χ1n) is 4.62. The van der Waals surface area contributed by atoms with E-state index in [-0.39, 0.29) is 10.7 Å². The quantitative estimate of drug-likeness (QED) is 0.791. The van der Waals surface area contributed by atoms with Gasteiger partial charge in [-0.05, 0) is 19.1 Å². The Balaban J connectivity index is 2.90. The van der Waals surface area contributed by atoms with Gasteiger partial charge in [0.15, 0.2) is 0 Å². The smallest absolute Gasteiger partial charge is 0.240 e. The molecule has 0 bridgehead atoms. The molecule has 1 atom stereocenters. The third kappa shape index (κ3) is 2.96. The van der Waals surface area contributed by atoms with Gasteiger partial charge in [-0.3, -0.25) is 4.79 Å². The van der Waals surface area contributed by atoms with Gasteiger partial charge in [0.1, 0.15) is 5.75 Å². The molecule has 0 heterocycles. The molecule has 0 aliphatic carbocycles. The van der Waals surface area contributed by atoms with Crippen LogP contribution in [0.2, 0.25) is 0 Å². The number of carbonyl (C=O) groups is 1. The molecule has 3 nitrogen and oxygen atoms in total. The molecule has 1 aromatic carbocycles. The maximum Gasteiger partial charge on any atom is 0.240 e. The summed E-state index contributed by atoms with van der Waals surface area (Å²) in [6.07, 6.45) is 0. The van der Waals surface area contributed by atoms with Crippen LogP contribution in [-0.2, 0) is 4.79 Å². The fourth-order valence-corrected chi connectivity index (χ4v) is 1.52. The van der Waals surface area contributed by atoms with Crippen molar-refractivity contribution in [2.75, 3.05) is 19.1 Å². The summed E-state index contributed by atoms with van der Waals surface area (Å²) in [6.45, 7) is 1.80. The van der Waals surface area contributed by atoms with E-state index >= 15 is 0 Å². The molecular weight excluding hydrogens is 258 g/mol. The van der Waals surface area contributed by atoms with Crippen LogP contribution >= 0.6 is 15.9 Å². The minimum Gasteiger partial charge on any atom is -0.497 e. The maximum absolute atomic E-state index is 11.7. The highest BCUT2D eigenvalue weighted by Gasteiger charge is 2.15. The van der Waals surface area contributed by atoms with E-state index in [1.807, 2.05) is 24.3 Å². The van der Waals surface area contributed by atoms with Gasteiger partial charge in [-0.15, -0.1) is 0 Å². The molecule has 0 aliphatic heterocycles. The lowest BCUT2D eigenvalue weighted by Gasteiger charge is -2.19. The van der Waals surface area contributed by atoms with Gasteiger partial charge in [0.2, 0.25) is 5.91 Å². The van der Waals surface area contributed by atoms with Gasteiger partial charge in [-0.2, -0.15) is 0 Å². The van der Waals surface area contributed by atoms with Crippen LogP contribution in [0.4, 0.5) is 5.69 Å². The van der Waals surface area contributed by atoms with E-state index in [0.717, 1.165) is 11.4 Å². The molecule has 0 saturated heterocycles. The number of benzene rings is 1. The molecule has 0 N–H and O–H groups in total. The topological polar surface area (TPSA) is 29.5 Å². The Kier molecular flexibility index (Phi) is 4.15. The standard InChI is InChI=1S/C11H14BrNO2/c1-8(12)11(14)13(2)9-5-4-6-10(7-9)15-3/h4-8H,1-3H3. The van der Waals surface area contributed by atoms with Crippen molar-refractivity contribution < 1.29 is 9.53 Å². The Hall–Kier alpha value is -1.03. The van der Waals surface area contributed by atoms with Crippen LogP contribution in [0, 0.1) is 0 Å². The molecule has 0 spiro atoms. The van der Waals surface area contributed by atoms with Crippen LogP contribution in [0.15, 0.2) is 24.3 Å².